The fourth-order valence-corrected chi connectivity index (χ4v) is 1.70. The maximum absolute atomic E-state index is 10.2. The van der Waals surface area contributed by atoms with E-state index in [1.54, 1.807) is 43.4 Å². The average Bonchev–Trinajstić information content (AvgIpc) is 2.90. The zero-order valence-electron chi connectivity index (χ0n) is 10.3. The number of aromatic nitrogens is 3. The molecule has 1 N–H and O–H groups in total. The Hall–Kier alpha value is -2.08. The summed E-state index contributed by atoms with van der Waals surface area (Å²) in [4.78, 5) is 3.83. The van der Waals surface area contributed by atoms with Crippen molar-refractivity contribution >= 4 is 0 Å². The van der Waals surface area contributed by atoms with Crippen LogP contribution in [0.5, 0.6) is 11.5 Å². The minimum atomic E-state index is -0.739. The molecule has 18 heavy (non-hydrogen) atoms. The van der Waals surface area contributed by atoms with Crippen molar-refractivity contribution in [3.8, 4) is 11.5 Å². The van der Waals surface area contributed by atoms with Gasteiger partial charge in [-0.3, -0.25) is 4.68 Å². The Balaban J connectivity index is 2.24. The number of ether oxygens (including phenoxy) is 2. The zero-order chi connectivity index (χ0) is 13.0. The van der Waals surface area contributed by atoms with E-state index in [-0.39, 0.29) is 0 Å². The Morgan fingerprint density at radius 3 is 2.78 bits per heavy atom. The number of benzene rings is 1. The molecule has 0 aliphatic heterocycles. The molecule has 0 bridgehead atoms. The SMILES string of the molecule is COc1ccc(OC)c(C(O)Cn2cncn2)c1. The Bertz CT molecular complexity index is 499. The van der Waals surface area contributed by atoms with Crippen LogP contribution in [0.2, 0.25) is 0 Å². The standard InChI is InChI=1S/C12H15N3O3/c1-17-9-3-4-12(18-2)10(5-9)11(16)6-15-8-13-7-14-15/h3-5,7-8,11,16H,6H2,1-2H3. The van der Waals surface area contributed by atoms with Gasteiger partial charge in [-0.1, -0.05) is 0 Å². The van der Waals surface area contributed by atoms with Gasteiger partial charge in [0.25, 0.3) is 0 Å². The van der Waals surface area contributed by atoms with Gasteiger partial charge in [-0.05, 0) is 18.2 Å². The van der Waals surface area contributed by atoms with E-state index in [1.165, 1.54) is 6.33 Å². The molecule has 1 unspecified atom stereocenters. The lowest BCUT2D eigenvalue weighted by atomic mass is 10.1. The van der Waals surface area contributed by atoms with Crippen molar-refractivity contribution in [2.75, 3.05) is 14.2 Å². The van der Waals surface area contributed by atoms with Gasteiger partial charge < -0.3 is 14.6 Å². The third-order valence-electron chi connectivity index (χ3n) is 2.62. The highest BCUT2D eigenvalue weighted by molar-refractivity contribution is 5.41. The first-order valence-corrected chi connectivity index (χ1v) is 5.47. The number of hydrogen-bond acceptors (Lipinski definition) is 5. The van der Waals surface area contributed by atoms with E-state index in [9.17, 15) is 5.11 Å². The van der Waals surface area contributed by atoms with Gasteiger partial charge in [0.1, 0.15) is 30.3 Å². The van der Waals surface area contributed by atoms with Crippen LogP contribution in [0.15, 0.2) is 30.9 Å². The second-order valence-corrected chi connectivity index (χ2v) is 3.74. The van der Waals surface area contributed by atoms with Crippen LogP contribution in [0, 0.1) is 0 Å². The number of nitrogens with zero attached hydrogens (tertiary/aromatic N) is 3. The fraction of sp³-hybridized carbons (Fsp3) is 0.333. The number of rotatable bonds is 5. The predicted molar refractivity (Wildman–Crippen MR) is 64.5 cm³/mol. The molecule has 1 aromatic heterocycles. The van der Waals surface area contributed by atoms with Gasteiger partial charge in [-0.2, -0.15) is 5.10 Å². The highest BCUT2D eigenvalue weighted by Crippen LogP contribution is 2.29. The zero-order valence-corrected chi connectivity index (χ0v) is 10.3. The van der Waals surface area contributed by atoms with E-state index < -0.39 is 6.10 Å². The number of hydrogen-bond donors (Lipinski definition) is 1. The topological polar surface area (TPSA) is 69.4 Å². The second kappa shape index (κ2) is 5.50. The molecule has 6 nitrogen and oxygen atoms in total. The number of aliphatic hydroxyl groups is 1. The maximum Gasteiger partial charge on any atom is 0.137 e. The first-order chi connectivity index (χ1) is 8.74. The van der Waals surface area contributed by atoms with Crippen molar-refractivity contribution in [3.05, 3.63) is 36.4 Å². The van der Waals surface area contributed by atoms with Crippen LogP contribution < -0.4 is 9.47 Å². The highest BCUT2D eigenvalue weighted by atomic mass is 16.5. The minimum Gasteiger partial charge on any atom is -0.497 e. The Labute approximate surface area is 105 Å². The molecule has 2 aromatic rings. The molecule has 0 aliphatic carbocycles. The largest absolute Gasteiger partial charge is 0.497 e. The number of aliphatic hydroxyl groups excluding tert-OH is 1. The van der Waals surface area contributed by atoms with Crippen molar-refractivity contribution in [3.63, 3.8) is 0 Å². The molecular weight excluding hydrogens is 234 g/mol. The van der Waals surface area contributed by atoms with Crippen LogP contribution in [0.3, 0.4) is 0 Å². The van der Waals surface area contributed by atoms with Crippen LogP contribution in [0.25, 0.3) is 0 Å². The molecule has 6 heteroatoms. The molecule has 0 spiro atoms. The smallest absolute Gasteiger partial charge is 0.137 e. The average molecular weight is 249 g/mol. The molecule has 1 heterocycles. The van der Waals surface area contributed by atoms with Crippen LogP contribution in [0.1, 0.15) is 11.7 Å². The fourth-order valence-electron chi connectivity index (χ4n) is 1.70. The van der Waals surface area contributed by atoms with Crippen molar-refractivity contribution in [2.45, 2.75) is 12.6 Å². The lowest BCUT2D eigenvalue weighted by Crippen LogP contribution is -2.10. The van der Waals surface area contributed by atoms with E-state index in [1.807, 2.05) is 0 Å². The van der Waals surface area contributed by atoms with Crippen molar-refractivity contribution < 1.29 is 14.6 Å². The molecule has 2 rings (SSSR count). The van der Waals surface area contributed by atoms with Gasteiger partial charge >= 0.3 is 0 Å². The summed E-state index contributed by atoms with van der Waals surface area (Å²) in [6.07, 6.45) is 2.24. The molecule has 0 fully saturated rings. The Morgan fingerprint density at radius 2 is 2.17 bits per heavy atom. The first-order valence-electron chi connectivity index (χ1n) is 5.47. The molecule has 0 saturated carbocycles. The molecule has 1 aromatic carbocycles. The molecule has 0 aliphatic rings. The van der Waals surface area contributed by atoms with Gasteiger partial charge in [0, 0.05) is 5.56 Å². The Kier molecular flexibility index (Phi) is 3.78. The lowest BCUT2D eigenvalue weighted by molar-refractivity contribution is 0.147. The molecule has 96 valence electrons. The quantitative estimate of drug-likeness (QED) is 0.857. The summed E-state index contributed by atoms with van der Waals surface area (Å²) in [5.74, 6) is 1.28. The van der Waals surface area contributed by atoms with Crippen LogP contribution >= 0.6 is 0 Å². The highest BCUT2D eigenvalue weighted by Gasteiger charge is 2.15. The molecule has 1 atom stereocenters. The van der Waals surface area contributed by atoms with Crippen LogP contribution in [0.4, 0.5) is 0 Å². The Morgan fingerprint density at radius 1 is 1.33 bits per heavy atom. The van der Waals surface area contributed by atoms with E-state index in [0.29, 0.717) is 23.6 Å². The third-order valence-corrected chi connectivity index (χ3v) is 2.62. The van der Waals surface area contributed by atoms with Crippen molar-refractivity contribution in [1.29, 1.82) is 0 Å². The summed E-state index contributed by atoms with van der Waals surface area (Å²) < 4.78 is 11.9. The lowest BCUT2D eigenvalue weighted by Gasteiger charge is -2.15. The van der Waals surface area contributed by atoms with Gasteiger partial charge in [0.2, 0.25) is 0 Å². The van der Waals surface area contributed by atoms with E-state index in [0.717, 1.165) is 0 Å². The molecular formula is C12H15N3O3. The van der Waals surface area contributed by atoms with Gasteiger partial charge in [-0.15, -0.1) is 0 Å². The first kappa shape index (κ1) is 12.4. The summed E-state index contributed by atoms with van der Waals surface area (Å²) in [5, 5.41) is 14.2. The van der Waals surface area contributed by atoms with Gasteiger partial charge in [0.15, 0.2) is 0 Å². The van der Waals surface area contributed by atoms with Gasteiger partial charge in [0.05, 0.1) is 20.8 Å². The molecule has 0 radical (unpaired) electrons. The van der Waals surface area contributed by atoms with Crippen molar-refractivity contribution in [2.24, 2.45) is 0 Å². The van der Waals surface area contributed by atoms with E-state index in [2.05, 4.69) is 10.1 Å². The minimum absolute atomic E-state index is 0.309. The van der Waals surface area contributed by atoms with Crippen LogP contribution in [-0.2, 0) is 6.54 Å². The monoisotopic (exact) mass is 249 g/mol. The summed E-state index contributed by atoms with van der Waals surface area (Å²) >= 11 is 0. The maximum atomic E-state index is 10.2. The molecule has 0 amide bonds. The summed E-state index contributed by atoms with van der Waals surface area (Å²) in [5.41, 5.74) is 0.660. The molecule has 0 saturated heterocycles. The predicted octanol–water partition coefficient (Wildman–Crippen LogP) is 1.03. The second-order valence-electron chi connectivity index (χ2n) is 3.74. The summed E-state index contributed by atoms with van der Waals surface area (Å²) in [6, 6.07) is 5.30. The van der Waals surface area contributed by atoms with E-state index >= 15 is 0 Å². The number of methoxy groups -OCH3 is 2. The summed E-state index contributed by atoms with van der Waals surface area (Å²) in [6.45, 7) is 0.309. The third kappa shape index (κ3) is 2.60. The van der Waals surface area contributed by atoms with E-state index in [4.69, 9.17) is 9.47 Å². The van der Waals surface area contributed by atoms with Crippen LogP contribution in [-0.4, -0.2) is 34.1 Å². The van der Waals surface area contributed by atoms with Gasteiger partial charge in [-0.25, -0.2) is 4.98 Å². The normalized spacial score (nSPS) is 12.2. The summed E-state index contributed by atoms with van der Waals surface area (Å²) in [7, 11) is 3.14. The van der Waals surface area contributed by atoms with Crippen molar-refractivity contribution in [1.82, 2.24) is 14.8 Å².